The average Bonchev–Trinajstić information content (AvgIpc) is 3.00. The van der Waals surface area contributed by atoms with Gasteiger partial charge in [-0.15, -0.1) is 0 Å². The molecule has 1 N–H and O–H groups in total. The molecule has 0 saturated carbocycles. The van der Waals surface area contributed by atoms with Crippen molar-refractivity contribution in [2.75, 3.05) is 7.11 Å². The maximum atomic E-state index is 10.9. The lowest BCUT2D eigenvalue weighted by Gasteiger charge is -2.31. The number of hydrogen-bond donors (Lipinski definition) is 1. The number of rotatable bonds is 5. The molecule has 5 nitrogen and oxygen atoms in total. The molecule has 0 amide bonds. The van der Waals surface area contributed by atoms with Gasteiger partial charge in [0.05, 0.1) is 14.2 Å². The van der Waals surface area contributed by atoms with Gasteiger partial charge in [0.2, 0.25) is 0 Å². The fourth-order valence-corrected chi connectivity index (χ4v) is 6.35. The average molecular weight is 353 g/mol. The molecule has 2 heterocycles. The molecule has 2 aliphatic rings. The molecule has 0 aromatic heterocycles. The summed E-state index contributed by atoms with van der Waals surface area (Å²) in [6, 6.07) is 11.1. The second-order valence-corrected chi connectivity index (χ2v) is 12.5. The van der Waals surface area contributed by atoms with E-state index in [1.54, 1.807) is 7.11 Å². The molecule has 1 aromatic carbocycles. The Labute approximate surface area is 144 Å². The van der Waals surface area contributed by atoms with E-state index in [9.17, 15) is 5.11 Å². The van der Waals surface area contributed by atoms with E-state index in [4.69, 9.17) is 18.9 Å². The second kappa shape index (κ2) is 6.51. The first kappa shape index (κ1) is 18.0. The zero-order valence-corrected chi connectivity index (χ0v) is 16.1. The molecule has 6 heteroatoms. The molecule has 2 fully saturated rings. The fourth-order valence-electron chi connectivity index (χ4n) is 3.74. The van der Waals surface area contributed by atoms with Crippen molar-refractivity contribution in [3.63, 3.8) is 0 Å². The van der Waals surface area contributed by atoms with Gasteiger partial charge in [0.1, 0.15) is 18.3 Å². The first-order valence-electron chi connectivity index (χ1n) is 8.51. The third-order valence-electron chi connectivity index (χ3n) is 4.93. The first-order valence-corrected chi connectivity index (χ1v) is 11.7. The Hall–Kier alpha value is -0.763. The van der Waals surface area contributed by atoms with Crippen molar-refractivity contribution in [1.29, 1.82) is 0 Å². The Morgan fingerprint density at radius 3 is 2.42 bits per heavy atom. The Kier molecular flexibility index (Phi) is 4.90. The van der Waals surface area contributed by atoms with Gasteiger partial charge in [-0.3, -0.25) is 0 Å². The summed E-state index contributed by atoms with van der Waals surface area (Å²) in [6.45, 7) is 8.29. The molecule has 0 spiro atoms. The van der Waals surface area contributed by atoms with Crippen LogP contribution < -0.4 is 5.19 Å². The van der Waals surface area contributed by atoms with Crippen LogP contribution in [0, 0.1) is 0 Å². The molecule has 5 atom stereocenters. The monoisotopic (exact) mass is 352 g/mol. The summed E-state index contributed by atoms with van der Waals surface area (Å²) in [7, 11) is -0.198. The van der Waals surface area contributed by atoms with Crippen LogP contribution in [-0.4, -0.2) is 56.8 Å². The topological polar surface area (TPSA) is 57.2 Å². The van der Waals surface area contributed by atoms with Crippen molar-refractivity contribution in [2.24, 2.45) is 0 Å². The number of aliphatic hydroxyl groups excluding tert-OH is 1. The van der Waals surface area contributed by atoms with E-state index in [1.165, 1.54) is 5.19 Å². The highest BCUT2D eigenvalue weighted by Gasteiger charge is 2.57. The summed E-state index contributed by atoms with van der Waals surface area (Å²) in [6.07, 6.45) is -2.15. The van der Waals surface area contributed by atoms with E-state index in [0.29, 0.717) is 6.04 Å². The minimum Gasteiger partial charge on any atom is -0.391 e. The Bertz CT molecular complexity index is 562. The van der Waals surface area contributed by atoms with Crippen LogP contribution in [0.3, 0.4) is 0 Å². The highest BCUT2D eigenvalue weighted by Crippen LogP contribution is 2.40. The van der Waals surface area contributed by atoms with Gasteiger partial charge in [0, 0.05) is 7.11 Å². The van der Waals surface area contributed by atoms with Gasteiger partial charge in [-0.1, -0.05) is 48.6 Å². The third-order valence-corrected chi connectivity index (χ3v) is 8.27. The minimum absolute atomic E-state index is 0.300. The Morgan fingerprint density at radius 1 is 1.17 bits per heavy atom. The predicted octanol–water partition coefficient (Wildman–Crippen LogP) is 1.85. The lowest BCUT2D eigenvalue weighted by molar-refractivity contribution is -0.235. The molecule has 2 aliphatic heterocycles. The fraction of sp³-hybridized carbons (Fsp3) is 0.667. The Balaban J connectivity index is 1.74. The molecule has 2 saturated heterocycles. The van der Waals surface area contributed by atoms with Gasteiger partial charge >= 0.3 is 0 Å². The molecule has 3 rings (SSSR count). The smallest absolute Gasteiger partial charge is 0.186 e. The van der Waals surface area contributed by atoms with Crippen LogP contribution in [0.5, 0.6) is 0 Å². The van der Waals surface area contributed by atoms with Gasteiger partial charge in [0.15, 0.2) is 12.1 Å². The van der Waals surface area contributed by atoms with E-state index in [-0.39, 0.29) is 12.2 Å². The summed E-state index contributed by atoms with van der Waals surface area (Å²) in [4.78, 5) is 0. The SMILES string of the molecule is CO[C@H]1O[C@H]([C@@H](O)C[Si](C)(C)c2ccccc2)[C@@H]2OC(C)(C)O[C@H]12. The highest BCUT2D eigenvalue weighted by molar-refractivity contribution is 6.89. The number of fused-ring (bicyclic) bond motifs is 1. The number of ether oxygens (including phenoxy) is 4. The van der Waals surface area contributed by atoms with Crippen LogP contribution in [-0.2, 0) is 18.9 Å². The molecule has 24 heavy (non-hydrogen) atoms. The molecular formula is C18H28O5Si. The molecule has 0 radical (unpaired) electrons. The Morgan fingerprint density at radius 2 is 1.79 bits per heavy atom. The summed E-state index contributed by atoms with van der Waals surface area (Å²) in [5, 5.41) is 12.2. The molecule has 134 valence electrons. The summed E-state index contributed by atoms with van der Waals surface area (Å²) >= 11 is 0. The summed E-state index contributed by atoms with van der Waals surface area (Å²) < 4.78 is 23.2. The molecule has 0 aliphatic carbocycles. The predicted molar refractivity (Wildman–Crippen MR) is 93.9 cm³/mol. The van der Waals surface area contributed by atoms with Crippen molar-refractivity contribution in [2.45, 2.75) is 69.5 Å². The zero-order chi connectivity index (χ0) is 17.5. The quantitative estimate of drug-likeness (QED) is 0.820. The molecular weight excluding hydrogens is 324 g/mol. The molecule has 1 aromatic rings. The van der Waals surface area contributed by atoms with Crippen molar-refractivity contribution < 1.29 is 24.1 Å². The minimum atomic E-state index is -1.79. The highest BCUT2D eigenvalue weighted by atomic mass is 28.3. The third kappa shape index (κ3) is 3.45. The van der Waals surface area contributed by atoms with Crippen molar-refractivity contribution >= 4 is 13.3 Å². The van der Waals surface area contributed by atoms with Crippen molar-refractivity contribution in [3.8, 4) is 0 Å². The van der Waals surface area contributed by atoms with Crippen LogP contribution in [0.25, 0.3) is 0 Å². The molecule has 0 bridgehead atoms. The zero-order valence-electron chi connectivity index (χ0n) is 15.1. The first-order chi connectivity index (χ1) is 11.2. The van der Waals surface area contributed by atoms with Crippen LogP contribution >= 0.6 is 0 Å². The molecule has 0 unspecified atom stereocenters. The van der Waals surface area contributed by atoms with Crippen LogP contribution in [0.4, 0.5) is 0 Å². The van der Waals surface area contributed by atoms with Gasteiger partial charge < -0.3 is 24.1 Å². The number of methoxy groups -OCH3 is 1. The van der Waals surface area contributed by atoms with Gasteiger partial charge in [0.25, 0.3) is 0 Å². The number of benzene rings is 1. The lowest BCUT2D eigenvalue weighted by Crippen LogP contribution is -2.48. The maximum Gasteiger partial charge on any atom is 0.186 e. The maximum absolute atomic E-state index is 10.9. The van der Waals surface area contributed by atoms with E-state index in [0.717, 1.165) is 0 Å². The van der Waals surface area contributed by atoms with Gasteiger partial charge in [-0.2, -0.15) is 0 Å². The van der Waals surface area contributed by atoms with E-state index >= 15 is 0 Å². The van der Waals surface area contributed by atoms with E-state index in [2.05, 4.69) is 37.4 Å². The van der Waals surface area contributed by atoms with Crippen molar-refractivity contribution in [1.82, 2.24) is 0 Å². The normalized spacial score (nSPS) is 33.4. The summed E-state index contributed by atoms with van der Waals surface area (Å²) in [5.74, 6) is -0.680. The van der Waals surface area contributed by atoms with Crippen molar-refractivity contribution in [3.05, 3.63) is 30.3 Å². The summed E-state index contributed by atoms with van der Waals surface area (Å²) in [5.41, 5.74) is 0. The van der Waals surface area contributed by atoms with Crippen LogP contribution in [0.15, 0.2) is 30.3 Å². The van der Waals surface area contributed by atoms with Crippen LogP contribution in [0.2, 0.25) is 19.1 Å². The van der Waals surface area contributed by atoms with E-state index < -0.39 is 32.4 Å². The number of hydrogen-bond acceptors (Lipinski definition) is 5. The van der Waals surface area contributed by atoms with Gasteiger partial charge in [-0.25, -0.2) is 0 Å². The number of aliphatic hydroxyl groups is 1. The largest absolute Gasteiger partial charge is 0.391 e. The second-order valence-electron chi connectivity index (χ2n) is 7.79. The standard InChI is InChI=1S/C18H28O5Si/c1-18(2)22-15-14(21-17(20-3)16(15)23-18)13(19)11-24(4,5)12-9-7-6-8-10-12/h6-10,13-17,19H,11H2,1-5H3/t13-,14+,15-,16-,17-/m0/s1. The lowest BCUT2D eigenvalue weighted by atomic mass is 10.1. The van der Waals surface area contributed by atoms with Gasteiger partial charge in [-0.05, 0) is 19.9 Å². The van der Waals surface area contributed by atoms with Crippen LogP contribution in [0.1, 0.15) is 13.8 Å². The van der Waals surface area contributed by atoms with E-state index in [1.807, 2.05) is 19.9 Å².